The molecule has 1 aliphatic heterocycles. The van der Waals surface area contributed by atoms with E-state index in [-0.39, 0.29) is 0 Å². The third kappa shape index (κ3) is 1.76. The molecule has 1 unspecified atom stereocenters. The van der Waals surface area contributed by atoms with Crippen LogP contribution in [0.4, 0.5) is 0 Å². The lowest BCUT2D eigenvalue weighted by Gasteiger charge is -2.06. The quantitative estimate of drug-likeness (QED) is 0.835. The maximum absolute atomic E-state index is 3.45. The third-order valence-corrected chi connectivity index (χ3v) is 4.87. The highest BCUT2D eigenvalue weighted by molar-refractivity contribution is 7.19. The summed E-state index contributed by atoms with van der Waals surface area (Å²) in [6, 6.07) is 8.77. The molecule has 84 valence electrons. The Bertz CT molecular complexity index is 494. The molecule has 0 bridgehead atoms. The summed E-state index contributed by atoms with van der Waals surface area (Å²) < 4.78 is 1.45. The van der Waals surface area contributed by atoms with Gasteiger partial charge in [0.1, 0.15) is 0 Å². The van der Waals surface area contributed by atoms with Crippen molar-refractivity contribution in [1.82, 2.24) is 5.32 Å². The van der Waals surface area contributed by atoms with E-state index in [1.54, 1.807) is 4.88 Å². The van der Waals surface area contributed by atoms with Gasteiger partial charge in [-0.15, -0.1) is 11.3 Å². The monoisotopic (exact) mass is 231 g/mol. The zero-order valence-corrected chi connectivity index (χ0v) is 10.4. The summed E-state index contributed by atoms with van der Waals surface area (Å²) in [6.45, 7) is 4.68. The fourth-order valence-electron chi connectivity index (χ4n) is 2.57. The molecule has 1 saturated heterocycles. The van der Waals surface area contributed by atoms with Gasteiger partial charge in [0.15, 0.2) is 0 Å². The summed E-state index contributed by atoms with van der Waals surface area (Å²) >= 11 is 1.98. The van der Waals surface area contributed by atoms with Gasteiger partial charge in [-0.05, 0) is 55.8 Å². The first-order chi connectivity index (χ1) is 7.84. The van der Waals surface area contributed by atoms with E-state index < -0.39 is 0 Å². The fraction of sp³-hybridized carbons (Fsp3) is 0.429. The Labute approximate surface area is 100 Å². The minimum atomic E-state index is 0.853. The van der Waals surface area contributed by atoms with Gasteiger partial charge in [0.05, 0.1) is 0 Å². The van der Waals surface area contributed by atoms with Crippen LogP contribution in [0.2, 0.25) is 0 Å². The Balaban J connectivity index is 1.94. The van der Waals surface area contributed by atoms with E-state index in [1.807, 2.05) is 11.3 Å². The Kier molecular flexibility index (Phi) is 2.70. The summed E-state index contributed by atoms with van der Waals surface area (Å²) in [7, 11) is 0. The first kappa shape index (κ1) is 10.3. The molecule has 1 nitrogen and oxygen atoms in total. The summed E-state index contributed by atoms with van der Waals surface area (Å²) in [5, 5.41) is 4.90. The number of benzene rings is 1. The topological polar surface area (TPSA) is 12.0 Å². The fourth-order valence-corrected chi connectivity index (χ4v) is 3.90. The molecule has 1 aromatic heterocycles. The number of hydrogen-bond donors (Lipinski definition) is 1. The zero-order chi connectivity index (χ0) is 11.0. The van der Waals surface area contributed by atoms with Gasteiger partial charge in [-0.3, -0.25) is 0 Å². The molecule has 0 radical (unpaired) electrons. The summed E-state index contributed by atoms with van der Waals surface area (Å²) in [5.41, 5.74) is 1.51. The van der Waals surface area contributed by atoms with Crippen molar-refractivity contribution in [2.75, 3.05) is 13.1 Å². The molecule has 2 heteroatoms. The van der Waals surface area contributed by atoms with Crippen LogP contribution in [-0.4, -0.2) is 13.1 Å². The predicted octanol–water partition coefficient (Wildman–Crippen LogP) is 3.36. The van der Waals surface area contributed by atoms with E-state index in [0.29, 0.717) is 0 Å². The second kappa shape index (κ2) is 4.19. The van der Waals surface area contributed by atoms with Crippen molar-refractivity contribution < 1.29 is 0 Å². The van der Waals surface area contributed by atoms with Crippen molar-refractivity contribution in [3.63, 3.8) is 0 Å². The average molecular weight is 231 g/mol. The van der Waals surface area contributed by atoms with Crippen molar-refractivity contribution >= 4 is 21.4 Å². The van der Waals surface area contributed by atoms with Gasteiger partial charge < -0.3 is 5.32 Å². The number of rotatable bonds is 2. The first-order valence-electron chi connectivity index (χ1n) is 6.02. The second-order valence-electron chi connectivity index (χ2n) is 4.71. The number of hydrogen-bond acceptors (Lipinski definition) is 2. The predicted molar refractivity (Wildman–Crippen MR) is 71.2 cm³/mol. The number of fused-ring (bicyclic) bond motifs is 1. The van der Waals surface area contributed by atoms with Crippen molar-refractivity contribution in [3.8, 4) is 0 Å². The van der Waals surface area contributed by atoms with Crippen molar-refractivity contribution in [2.24, 2.45) is 5.92 Å². The van der Waals surface area contributed by atoms with Crippen LogP contribution in [0, 0.1) is 12.8 Å². The molecule has 1 N–H and O–H groups in total. The van der Waals surface area contributed by atoms with Crippen LogP contribution < -0.4 is 5.32 Å². The molecule has 1 fully saturated rings. The molecule has 0 aliphatic carbocycles. The molecule has 0 amide bonds. The highest BCUT2D eigenvalue weighted by Crippen LogP contribution is 2.32. The zero-order valence-electron chi connectivity index (χ0n) is 9.62. The normalized spacial score (nSPS) is 20.7. The molecule has 3 rings (SSSR count). The molecule has 16 heavy (non-hydrogen) atoms. The second-order valence-corrected chi connectivity index (χ2v) is 5.85. The Hall–Kier alpha value is -0.860. The van der Waals surface area contributed by atoms with E-state index in [2.05, 4.69) is 36.5 Å². The average Bonchev–Trinajstić information content (AvgIpc) is 2.90. The van der Waals surface area contributed by atoms with Crippen molar-refractivity contribution in [3.05, 3.63) is 34.7 Å². The lowest BCUT2D eigenvalue weighted by Crippen LogP contribution is -2.10. The minimum Gasteiger partial charge on any atom is -0.316 e. The molecular formula is C14H17NS. The minimum absolute atomic E-state index is 0.853. The summed E-state index contributed by atoms with van der Waals surface area (Å²) in [6.07, 6.45) is 2.60. The first-order valence-corrected chi connectivity index (χ1v) is 6.84. The van der Waals surface area contributed by atoms with Crippen LogP contribution in [0.25, 0.3) is 10.1 Å². The standard InChI is InChI=1S/C14H17NS/c1-10-12-4-2-3-5-13(12)16-14(10)8-11-6-7-15-9-11/h2-5,11,15H,6-9H2,1H3. The van der Waals surface area contributed by atoms with Crippen LogP contribution in [0.1, 0.15) is 16.9 Å². The number of nitrogens with one attached hydrogen (secondary N) is 1. The molecule has 1 aromatic carbocycles. The van der Waals surface area contributed by atoms with Gasteiger partial charge in [0, 0.05) is 9.58 Å². The maximum atomic E-state index is 3.45. The lowest BCUT2D eigenvalue weighted by molar-refractivity contribution is 0.584. The van der Waals surface area contributed by atoms with Gasteiger partial charge in [-0.2, -0.15) is 0 Å². The van der Waals surface area contributed by atoms with Crippen LogP contribution in [0.5, 0.6) is 0 Å². The highest BCUT2D eigenvalue weighted by Gasteiger charge is 2.17. The van der Waals surface area contributed by atoms with Gasteiger partial charge in [-0.25, -0.2) is 0 Å². The third-order valence-electron chi connectivity index (χ3n) is 3.58. The smallest absolute Gasteiger partial charge is 0.0348 e. The van der Waals surface area contributed by atoms with Gasteiger partial charge >= 0.3 is 0 Å². The van der Waals surface area contributed by atoms with Crippen LogP contribution in [-0.2, 0) is 6.42 Å². The number of aryl methyl sites for hydroxylation is 1. The molecule has 0 spiro atoms. The lowest BCUT2D eigenvalue weighted by atomic mass is 10.0. The van der Waals surface area contributed by atoms with Crippen LogP contribution in [0.3, 0.4) is 0 Å². The Morgan fingerprint density at radius 1 is 1.38 bits per heavy atom. The van der Waals surface area contributed by atoms with Crippen LogP contribution in [0.15, 0.2) is 24.3 Å². The van der Waals surface area contributed by atoms with E-state index >= 15 is 0 Å². The Morgan fingerprint density at radius 3 is 3.00 bits per heavy atom. The summed E-state index contributed by atoms with van der Waals surface area (Å²) in [5.74, 6) is 0.853. The van der Waals surface area contributed by atoms with E-state index in [1.165, 1.54) is 41.6 Å². The van der Waals surface area contributed by atoms with Crippen molar-refractivity contribution in [1.29, 1.82) is 0 Å². The SMILES string of the molecule is Cc1c(CC2CCNC2)sc2ccccc12. The molecule has 2 heterocycles. The maximum Gasteiger partial charge on any atom is 0.0348 e. The van der Waals surface area contributed by atoms with E-state index in [4.69, 9.17) is 0 Å². The molecule has 1 atom stereocenters. The van der Waals surface area contributed by atoms with Crippen molar-refractivity contribution in [2.45, 2.75) is 19.8 Å². The van der Waals surface area contributed by atoms with Gasteiger partial charge in [0.2, 0.25) is 0 Å². The molecule has 1 aliphatic rings. The molecular weight excluding hydrogens is 214 g/mol. The molecule has 2 aromatic rings. The van der Waals surface area contributed by atoms with Gasteiger partial charge in [0.25, 0.3) is 0 Å². The summed E-state index contributed by atoms with van der Waals surface area (Å²) in [4.78, 5) is 1.59. The number of thiophene rings is 1. The van der Waals surface area contributed by atoms with Crippen LogP contribution >= 0.6 is 11.3 Å². The van der Waals surface area contributed by atoms with E-state index in [9.17, 15) is 0 Å². The molecule has 0 saturated carbocycles. The Morgan fingerprint density at radius 2 is 2.25 bits per heavy atom. The largest absolute Gasteiger partial charge is 0.316 e. The highest BCUT2D eigenvalue weighted by atomic mass is 32.1. The van der Waals surface area contributed by atoms with E-state index in [0.717, 1.165) is 5.92 Å². The van der Waals surface area contributed by atoms with Gasteiger partial charge in [-0.1, -0.05) is 18.2 Å².